The fraction of sp³-hybridized carbons (Fsp3) is 0.348. The second kappa shape index (κ2) is 7.35. The Hall–Kier alpha value is -3.15. The number of rotatable bonds is 5. The molecule has 0 saturated carbocycles. The molecule has 0 spiro atoms. The van der Waals surface area contributed by atoms with E-state index in [0.717, 1.165) is 34.6 Å². The lowest BCUT2D eigenvalue weighted by Crippen LogP contribution is -2.47. The molecule has 1 fully saturated rings. The summed E-state index contributed by atoms with van der Waals surface area (Å²) in [5.41, 5.74) is 1.60. The summed E-state index contributed by atoms with van der Waals surface area (Å²) < 4.78 is 0. The Morgan fingerprint density at radius 3 is 2.52 bits per heavy atom. The first-order valence-electron chi connectivity index (χ1n) is 10.1. The van der Waals surface area contributed by atoms with Crippen LogP contribution in [0, 0.1) is 0 Å². The lowest BCUT2D eigenvalue weighted by Gasteiger charge is -2.28. The maximum absolute atomic E-state index is 13.4. The van der Waals surface area contributed by atoms with Gasteiger partial charge < -0.3 is 10.2 Å². The first-order chi connectivity index (χ1) is 14.0. The average Bonchev–Trinajstić information content (AvgIpc) is 3.18. The van der Waals surface area contributed by atoms with Gasteiger partial charge in [0.05, 0.1) is 0 Å². The molecule has 2 aliphatic heterocycles. The lowest BCUT2D eigenvalue weighted by atomic mass is 9.85. The molecule has 150 valence electrons. The van der Waals surface area contributed by atoms with Crippen molar-refractivity contribution in [3.63, 3.8) is 0 Å². The topological polar surface area (TPSA) is 69.7 Å². The third-order valence-corrected chi connectivity index (χ3v) is 5.84. The second-order valence-corrected chi connectivity index (χ2v) is 7.79. The number of nitrogens with one attached hydrogen (secondary N) is 1. The second-order valence-electron chi connectivity index (χ2n) is 7.79. The van der Waals surface area contributed by atoms with Gasteiger partial charge in [0.1, 0.15) is 12.1 Å². The third kappa shape index (κ3) is 3.09. The van der Waals surface area contributed by atoms with Crippen LogP contribution in [0.3, 0.4) is 0 Å². The van der Waals surface area contributed by atoms with Gasteiger partial charge in [0.2, 0.25) is 5.91 Å². The lowest BCUT2D eigenvalue weighted by molar-refractivity contribution is -0.135. The van der Waals surface area contributed by atoms with E-state index in [1.165, 1.54) is 0 Å². The molecule has 2 aromatic carbocycles. The van der Waals surface area contributed by atoms with Crippen molar-refractivity contribution in [2.24, 2.45) is 0 Å². The van der Waals surface area contributed by atoms with Gasteiger partial charge in [0, 0.05) is 11.7 Å². The zero-order chi connectivity index (χ0) is 20.6. The van der Waals surface area contributed by atoms with Gasteiger partial charge in [-0.3, -0.25) is 14.5 Å². The Bertz CT molecular complexity index is 959. The Labute approximate surface area is 170 Å². The van der Waals surface area contributed by atoms with Crippen LogP contribution in [-0.2, 0) is 21.5 Å². The van der Waals surface area contributed by atoms with E-state index >= 15 is 0 Å². The van der Waals surface area contributed by atoms with E-state index in [2.05, 4.69) is 5.32 Å². The molecular formula is C23H25N3O3. The van der Waals surface area contributed by atoms with Crippen molar-refractivity contribution in [3.8, 4) is 0 Å². The van der Waals surface area contributed by atoms with Crippen LogP contribution in [0.1, 0.15) is 37.8 Å². The van der Waals surface area contributed by atoms with Crippen LogP contribution in [0.25, 0.3) is 0 Å². The quantitative estimate of drug-likeness (QED) is 0.796. The molecule has 4 rings (SSSR count). The number of benzene rings is 2. The number of carbonyl (C=O) groups excluding carboxylic acids is 3. The zero-order valence-corrected chi connectivity index (χ0v) is 16.7. The Morgan fingerprint density at radius 1 is 1.10 bits per heavy atom. The summed E-state index contributed by atoms with van der Waals surface area (Å²) in [6.07, 6.45) is 1.97. The summed E-state index contributed by atoms with van der Waals surface area (Å²) in [4.78, 5) is 42.0. The highest BCUT2D eigenvalue weighted by atomic mass is 16.2. The average molecular weight is 391 g/mol. The van der Waals surface area contributed by atoms with E-state index in [-0.39, 0.29) is 24.4 Å². The number of carbonyl (C=O) groups is 3. The number of hydrogen-bond donors (Lipinski definition) is 1. The van der Waals surface area contributed by atoms with Crippen molar-refractivity contribution in [2.45, 2.75) is 44.7 Å². The van der Waals surface area contributed by atoms with Gasteiger partial charge in [0.25, 0.3) is 5.91 Å². The van der Waals surface area contributed by atoms with Crippen LogP contribution in [0.4, 0.5) is 10.5 Å². The highest BCUT2D eigenvalue weighted by Gasteiger charge is 2.52. The fourth-order valence-corrected chi connectivity index (χ4v) is 4.53. The molecule has 1 saturated heterocycles. The molecule has 1 N–H and O–H groups in total. The minimum atomic E-state index is -1.11. The standard InChI is InChI=1S/C23H25N3O3/c1-3-13-23(18-10-5-4-6-11-18)21(28)25(22(29)24-23)15-20(27)26-16(2)14-17-9-7-8-12-19(17)26/h4-12,16H,3,13-15H2,1-2H3,(H,24,29)/t16-,23+/m0/s1. The van der Waals surface area contributed by atoms with Crippen LogP contribution in [0.15, 0.2) is 54.6 Å². The molecule has 0 bridgehead atoms. The van der Waals surface area contributed by atoms with Gasteiger partial charge in [-0.25, -0.2) is 4.79 Å². The molecule has 6 nitrogen and oxygen atoms in total. The minimum absolute atomic E-state index is 0.00445. The first-order valence-corrected chi connectivity index (χ1v) is 10.1. The number of amides is 4. The molecule has 2 aliphatic rings. The van der Waals surface area contributed by atoms with Crippen molar-refractivity contribution >= 4 is 23.5 Å². The highest BCUT2D eigenvalue weighted by Crippen LogP contribution is 2.35. The minimum Gasteiger partial charge on any atom is -0.319 e. The molecule has 2 atom stereocenters. The van der Waals surface area contributed by atoms with Gasteiger partial charge in [-0.1, -0.05) is 61.9 Å². The van der Waals surface area contributed by atoms with E-state index in [9.17, 15) is 14.4 Å². The van der Waals surface area contributed by atoms with E-state index in [0.29, 0.717) is 6.42 Å². The van der Waals surface area contributed by atoms with Crippen molar-refractivity contribution in [2.75, 3.05) is 11.4 Å². The summed E-state index contributed by atoms with van der Waals surface area (Å²) in [5.74, 6) is -0.602. The van der Waals surface area contributed by atoms with Crippen molar-refractivity contribution in [1.29, 1.82) is 0 Å². The molecule has 0 aromatic heterocycles. The van der Waals surface area contributed by atoms with Crippen LogP contribution in [-0.4, -0.2) is 35.3 Å². The summed E-state index contributed by atoms with van der Waals surface area (Å²) in [6.45, 7) is 3.69. The molecule has 0 aliphatic carbocycles. The number of para-hydroxylation sites is 1. The molecule has 6 heteroatoms. The molecular weight excluding hydrogens is 366 g/mol. The molecule has 0 radical (unpaired) electrons. The first kappa shape index (κ1) is 19.2. The van der Waals surface area contributed by atoms with E-state index in [1.807, 2.05) is 68.4 Å². The van der Waals surface area contributed by atoms with Crippen LogP contribution < -0.4 is 10.2 Å². The smallest absolute Gasteiger partial charge is 0.319 e. The predicted octanol–water partition coefficient (Wildman–Crippen LogP) is 3.21. The maximum atomic E-state index is 13.4. The predicted molar refractivity (Wildman–Crippen MR) is 110 cm³/mol. The summed E-state index contributed by atoms with van der Waals surface area (Å²) in [6, 6.07) is 16.5. The van der Waals surface area contributed by atoms with Crippen LogP contribution in [0.2, 0.25) is 0 Å². The fourth-order valence-electron chi connectivity index (χ4n) is 4.53. The Kier molecular flexibility index (Phi) is 4.86. The Balaban J connectivity index is 1.61. The van der Waals surface area contributed by atoms with Crippen molar-refractivity contribution < 1.29 is 14.4 Å². The van der Waals surface area contributed by atoms with Crippen LogP contribution in [0.5, 0.6) is 0 Å². The van der Waals surface area contributed by atoms with E-state index < -0.39 is 11.6 Å². The maximum Gasteiger partial charge on any atom is 0.325 e. The largest absolute Gasteiger partial charge is 0.325 e. The SMILES string of the molecule is CCC[C@]1(c2ccccc2)NC(=O)N(CC(=O)N2c3ccccc3C[C@@H]2C)C1=O. The van der Waals surface area contributed by atoms with Crippen molar-refractivity contribution in [3.05, 3.63) is 65.7 Å². The summed E-state index contributed by atoms with van der Waals surface area (Å²) in [5, 5.41) is 2.88. The number of hydrogen-bond acceptors (Lipinski definition) is 3. The molecule has 29 heavy (non-hydrogen) atoms. The van der Waals surface area contributed by atoms with E-state index in [1.54, 1.807) is 4.90 Å². The number of fused-ring (bicyclic) bond motifs is 1. The normalized spacial score (nSPS) is 23.3. The van der Waals surface area contributed by atoms with E-state index in [4.69, 9.17) is 0 Å². The summed E-state index contributed by atoms with van der Waals surface area (Å²) >= 11 is 0. The van der Waals surface area contributed by atoms with Gasteiger partial charge >= 0.3 is 6.03 Å². The number of nitrogens with zero attached hydrogens (tertiary/aromatic N) is 2. The van der Waals surface area contributed by atoms with Crippen molar-refractivity contribution in [1.82, 2.24) is 10.2 Å². The highest BCUT2D eigenvalue weighted by molar-refractivity contribution is 6.11. The number of urea groups is 1. The monoisotopic (exact) mass is 391 g/mol. The molecule has 2 heterocycles. The molecule has 2 aromatic rings. The number of anilines is 1. The molecule has 0 unspecified atom stereocenters. The van der Waals surface area contributed by atoms with Gasteiger partial charge in [-0.05, 0) is 37.0 Å². The Morgan fingerprint density at radius 2 is 1.79 bits per heavy atom. The van der Waals surface area contributed by atoms with Gasteiger partial charge in [-0.15, -0.1) is 0 Å². The third-order valence-electron chi connectivity index (χ3n) is 5.84. The zero-order valence-electron chi connectivity index (χ0n) is 16.7. The number of imide groups is 1. The molecule has 4 amide bonds. The van der Waals surface area contributed by atoms with Gasteiger partial charge in [0.15, 0.2) is 0 Å². The summed E-state index contributed by atoms with van der Waals surface area (Å²) in [7, 11) is 0. The van der Waals surface area contributed by atoms with Gasteiger partial charge in [-0.2, -0.15) is 0 Å². The van der Waals surface area contributed by atoms with Crippen LogP contribution >= 0.6 is 0 Å².